The Morgan fingerprint density at radius 2 is 2.30 bits per heavy atom. The molecular weight excluding hydrogens is 261 g/mol. The van der Waals surface area contributed by atoms with Crippen LogP contribution in [0.15, 0.2) is 45.9 Å². The van der Waals surface area contributed by atoms with Crippen molar-refractivity contribution >= 4 is 12.1 Å². The zero-order valence-electron chi connectivity index (χ0n) is 10.3. The summed E-state index contributed by atoms with van der Waals surface area (Å²) in [5.41, 5.74) is 2.79. The van der Waals surface area contributed by atoms with E-state index in [0.717, 1.165) is 0 Å². The molecule has 1 amide bonds. The molecule has 0 radical (unpaired) electrons. The average molecular weight is 271 g/mol. The molecule has 0 saturated heterocycles. The third-order valence-electron chi connectivity index (χ3n) is 2.36. The van der Waals surface area contributed by atoms with Crippen molar-refractivity contribution in [3.05, 3.63) is 48.0 Å². The van der Waals surface area contributed by atoms with Crippen molar-refractivity contribution in [3.8, 4) is 17.4 Å². The molecule has 5 nitrogen and oxygen atoms in total. The lowest BCUT2D eigenvalue weighted by Crippen LogP contribution is -2.15. The second-order valence-electron chi connectivity index (χ2n) is 3.84. The third kappa shape index (κ3) is 3.53. The van der Waals surface area contributed by atoms with Crippen molar-refractivity contribution < 1.29 is 13.6 Å². The Morgan fingerprint density at radius 3 is 3.05 bits per heavy atom. The molecule has 0 bridgehead atoms. The van der Waals surface area contributed by atoms with E-state index >= 15 is 0 Å². The van der Waals surface area contributed by atoms with Gasteiger partial charge in [-0.2, -0.15) is 10.4 Å². The van der Waals surface area contributed by atoms with Crippen LogP contribution in [0.25, 0.3) is 11.3 Å². The molecule has 0 spiro atoms. The molecule has 0 atom stereocenters. The lowest BCUT2D eigenvalue weighted by atomic mass is 10.2. The van der Waals surface area contributed by atoms with Crippen molar-refractivity contribution in [2.24, 2.45) is 5.10 Å². The number of hydrazone groups is 1. The average Bonchev–Trinajstić information content (AvgIpc) is 2.88. The normalized spacial score (nSPS) is 10.4. The molecule has 20 heavy (non-hydrogen) atoms. The van der Waals surface area contributed by atoms with Crippen molar-refractivity contribution in [1.82, 2.24) is 5.43 Å². The molecule has 1 heterocycles. The molecular formula is C14H10FN3O2. The van der Waals surface area contributed by atoms with E-state index in [4.69, 9.17) is 9.68 Å². The second kappa shape index (κ2) is 6.29. The van der Waals surface area contributed by atoms with Gasteiger partial charge in [-0.3, -0.25) is 4.79 Å². The molecule has 2 aromatic rings. The predicted octanol–water partition coefficient (Wildman–Crippen LogP) is 2.45. The Balaban J connectivity index is 2.04. The summed E-state index contributed by atoms with van der Waals surface area (Å²) >= 11 is 0. The molecule has 0 aliphatic rings. The number of nitrogens with one attached hydrogen (secondary N) is 1. The van der Waals surface area contributed by atoms with Gasteiger partial charge in [0.2, 0.25) is 0 Å². The molecule has 1 aromatic heterocycles. The largest absolute Gasteiger partial charge is 0.455 e. The zero-order valence-corrected chi connectivity index (χ0v) is 10.3. The number of amides is 1. The second-order valence-corrected chi connectivity index (χ2v) is 3.84. The minimum absolute atomic E-state index is 0.260. The van der Waals surface area contributed by atoms with Crippen LogP contribution in [0.4, 0.5) is 4.39 Å². The van der Waals surface area contributed by atoms with Gasteiger partial charge in [-0.1, -0.05) is 12.1 Å². The van der Waals surface area contributed by atoms with Crippen LogP contribution in [-0.2, 0) is 4.79 Å². The highest BCUT2D eigenvalue weighted by atomic mass is 19.1. The molecule has 0 aliphatic heterocycles. The van der Waals surface area contributed by atoms with Gasteiger partial charge in [0.1, 0.15) is 23.8 Å². The number of furan rings is 1. The van der Waals surface area contributed by atoms with Crippen LogP contribution < -0.4 is 5.43 Å². The number of benzene rings is 1. The number of carbonyl (C=O) groups excluding carboxylic acids is 1. The molecule has 100 valence electrons. The first-order valence-electron chi connectivity index (χ1n) is 5.73. The van der Waals surface area contributed by atoms with Gasteiger partial charge in [0.25, 0.3) is 5.91 Å². The summed E-state index contributed by atoms with van der Waals surface area (Å²) in [7, 11) is 0. The van der Waals surface area contributed by atoms with Gasteiger partial charge >= 0.3 is 0 Å². The fraction of sp³-hybridized carbons (Fsp3) is 0.0714. The highest BCUT2D eigenvalue weighted by Crippen LogP contribution is 2.21. The van der Waals surface area contributed by atoms with E-state index in [1.807, 2.05) is 0 Å². The minimum atomic E-state index is -0.499. The first kappa shape index (κ1) is 13.5. The van der Waals surface area contributed by atoms with Gasteiger partial charge in [0, 0.05) is 5.56 Å². The summed E-state index contributed by atoms with van der Waals surface area (Å²) in [4.78, 5) is 11.0. The van der Waals surface area contributed by atoms with Crippen molar-refractivity contribution in [2.45, 2.75) is 6.42 Å². The number of nitriles is 1. The van der Waals surface area contributed by atoms with E-state index < -0.39 is 5.91 Å². The van der Waals surface area contributed by atoms with Crippen LogP contribution in [0.3, 0.4) is 0 Å². The van der Waals surface area contributed by atoms with Gasteiger partial charge in [0.05, 0.1) is 12.3 Å². The first-order valence-corrected chi connectivity index (χ1v) is 5.73. The molecule has 6 heteroatoms. The Morgan fingerprint density at radius 1 is 1.45 bits per heavy atom. The highest BCUT2D eigenvalue weighted by Gasteiger charge is 2.04. The maximum absolute atomic E-state index is 13.1. The predicted molar refractivity (Wildman–Crippen MR) is 70.1 cm³/mol. The third-order valence-corrected chi connectivity index (χ3v) is 2.36. The Bertz CT molecular complexity index is 686. The Kier molecular flexibility index (Phi) is 4.24. The molecule has 0 aliphatic carbocycles. The van der Waals surface area contributed by atoms with Crippen LogP contribution in [0, 0.1) is 17.1 Å². The summed E-state index contributed by atoms with van der Waals surface area (Å²) in [6, 6.07) is 11.0. The van der Waals surface area contributed by atoms with E-state index in [1.165, 1.54) is 18.3 Å². The van der Waals surface area contributed by atoms with Gasteiger partial charge in [-0.15, -0.1) is 0 Å². The molecule has 0 unspecified atom stereocenters. The lowest BCUT2D eigenvalue weighted by molar-refractivity contribution is -0.120. The number of halogens is 1. The van der Waals surface area contributed by atoms with Crippen LogP contribution in [0.5, 0.6) is 0 Å². The van der Waals surface area contributed by atoms with E-state index in [9.17, 15) is 9.18 Å². The molecule has 0 saturated carbocycles. The number of rotatable bonds is 4. The molecule has 2 rings (SSSR count). The van der Waals surface area contributed by atoms with Crippen LogP contribution in [0.1, 0.15) is 12.2 Å². The monoisotopic (exact) mass is 271 g/mol. The summed E-state index contributed by atoms with van der Waals surface area (Å²) in [5.74, 6) is 0.0503. The van der Waals surface area contributed by atoms with Gasteiger partial charge in [-0.25, -0.2) is 9.82 Å². The van der Waals surface area contributed by atoms with Gasteiger partial charge < -0.3 is 4.42 Å². The van der Waals surface area contributed by atoms with Crippen molar-refractivity contribution in [1.29, 1.82) is 5.26 Å². The van der Waals surface area contributed by atoms with Crippen molar-refractivity contribution in [2.75, 3.05) is 0 Å². The smallest absolute Gasteiger partial charge is 0.254 e. The number of nitrogens with zero attached hydrogens (tertiary/aromatic N) is 2. The standard InChI is InChI=1S/C14H10FN3O2/c15-11-3-1-2-10(8-11)13-5-4-12(20-13)9-17-18-14(19)6-7-16/h1-5,8-9H,6H2,(H,18,19)/b17-9-. The van der Waals surface area contributed by atoms with Gasteiger partial charge in [0.15, 0.2) is 0 Å². The summed E-state index contributed by atoms with van der Waals surface area (Å²) < 4.78 is 18.5. The first-order chi connectivity index (χ1) is 9.69. The molecule has 1 aromatic carbocycles. The Labute approximate surface area is 114 Å². The highest BCUT2D eigenvalue weighted by molar-refractivity contribution is 5.81. The number of carbonyl (C=O) groups is 1. The SMILES string of the molecule is N#CCC(=O)N/N=C\c1ccc(-c2cccc(F)c2)o1. The number of hydrogen-bond acceptors (Lipinski definition) is 4. The molecule has 1 N–H and O–H groups in total. The summed E-state index contributed by atoms with van der Waals surface area (Å²) in [5, 5.41) is 11.9. The fourth-order valence-electron chi connectivity index (χ4n) is 1.50. The maximum atomic E-state index is 13.1. The fourth-order valence-corrected chi connectivity index (χ4v) is 1.50. The topological polar surface area (TPSA) is 78.4 Å². The number of hydrogen-bond donors (Lipinski definition) is 1. The minimum Gasteiger partial charge on any atom is -0.455 e. The van der Waals surface area contributed by atoms with E-state index in [1.54, 1.807) is 30.3 Å². The quantitative estimate of drug-likeness (QED) is 0.685. The maximum Gasteiger partial charge on any atom is 0.254 e. The zero-order chi connectivity index (χ0) is 14.4. The van der Waals surface area contributed by atoms with Crippen molar-refractivity contribution in [3.63, 3.8) is 0 Å². The van der Waals surface area contributed by atoms with E-state index in [2.05, 4.69) is 10.5 Å². The van der Waals surface area contributed by atoms with Crippen LogP contribution in [0.2, 0.25) is 0 Å². The summed E-state index contributed by atoms with van der Waals surface area (Å²) in [6.07, 6.45) is 1.04. The van der Waals surface area contributed by atoms with Gasteiger partial charge in [-0.05, 0) is 24.3 Å². The Hall–Kier alpha value is -2.94. The van der Waals surface area contributed by atoms with Crippen LogP contribution >= 0.6 is 0 Å². The van der Waals surface area contributed by atoms with E-state index in [0.29, 0.717) is 17.1 Å². The van der Waals surface area contributed by atoms with Crippen LogP contribution in [-0.4, -0.2) is 12.1 Å². The van der Waals surface area contributed by atoms with E-state index in [-0.39, 0.29) is 12.2 Å². The molecule has 0 fully saturated rings. The summed E-state index contributed by atoms with van der Waals surface area (Å²) in [6.45, 7) is 0. The lowest BCUT2D eigenvalue weighted by Gasteiger charge is -1.96.